The van der Waals surface area contributed by atoms with Crippen molar-refractivity contribution in [2.24, 2.45) is 0 Å². The Kier molecular flexibility index (Phi) is 5.46. The highest BCUT2D eigenvalue weighted by molar-refractivity contribution is 5.90. The average molecular weight is 353 g/mol. The SMILES string of the molecule is CC(OC(=O)C=Cc1ccccc1F)C(=O)N1CCc2ccccc2C1. The fourth-order valence-corrected chi connectivity index (χ4v) is 2.97. The average Bonchev–Trinajstić information content (AvgIpc) is 2.66. The lowest BCUT2D eigenvalue weighted by Gasteiger charge is -2.30. The molecule has 2 aromatic rings. The van der Waals surface area contributed by atoms with Gasteiger partial charge in [-0.3, -0.25) is 4.79 Å². The molecule has 26 heavy (non-hydrogen) atoms. The van der Waals surface area contributed by atoms with Crippen LogP contribution in [0.3, 0.4) is 0 Å². The fourth-order valence-electron chi connectivity index (χ4n) is 2.97. The Bertz CT molecular complexity index is 847. The molecule has 1 aliphatic rings. The van der Waals surface area contributed by atoms with Crippen LogP contribution < -0.4 is 0 Å². The van der Waals surface area contributed by atoms with E-state index < -0.39 is 17.9 Å². The van der Waals surface area contributed by atoms with E-state index in [1.54, 1.807) is 30.0 Å². The first-order valence-electron chi connectivity index (χ1n) is 8.53. The Morgan fingerprint density at radius 2 is 1.81 bits per heavy atom. The van der Waals surface area contributed by atoms with Crippen molar-refractivity contribution in [3.63, 3.8) is 0 Å². The second-order valence-corrected chi connectivity index (χ2v) is 6.21. The van der Waals surface area contributed by atoms with Crippen molar-refractivity contribution in [3.05, 3.63) is 77.1 Å². The molecule has 0 bridgehead atoms. The highest BCUT2D eigenvalue weighted by atomic mass is 19.1. The normalized spacial score (nSPS) is 14.8. The molecule has 1 aliphatic heterocycles. The van der Waals surface area contributed by atoms with Crippen molar-refractivity contribution in [1.29, 1.82) is 0 Å². The third kappa shape index (κ3) is 4.17. The van der Waals surface area contributed by atoms with Crippen LogP contribution in [0.2, 0.25) is 0 Å². The van der Waals surface area contributed by atoms with Gasteiger partial charge >= 0.3 is 5.97 Å². The standard InChI is InChI=1S/C21H20FNO3/c1-15(26-20(24)11-10-17-7-4-5-9-19(17)22)21(25)23-13-12-16-6-2-3-8-18(16)14-23/h2-11,15H,12-14H2,1H3. The molecule has 5 heteroatoms. The number of halogens is 1. The molecule has 0 aliphatic carbocycles. The summed E-state index contributed by atoms with van der Waals surface area (Å²) in [5, 5.41) is 0. The minimum absolute atomic E-state index is 0.229. The maximum Gasteiger partial charge on any atom is 0.331 e. The molecule has 0 radical (unpaired) electrons. The summed E-state index contributed by atoms with van der Waals surface area (Å²) < 4.78 is 18.7. The second-order valence-electron chi connectivity index (χ2n) is 6.21. The number of carbonyl (C=O) groups is 2. The van der Waals surface area contributed by atoms with Gasteiger partial charge in [0, 0.05) is 24.7 Å². The summed E-state index contributed by atoms with van der Waals surface area (Å²) in [4.78, 5) is 26.2. The molecule has 4 nitrogen and oxygen atoms in total. The molecule has 134 valence electrons. The van der Waals surface area contributed by atoms with Crippen LogP contribution in [-0.2, 0) is 27.3 Å². The van der Waals surface area contributed by atoms with Gasteiger partial charge in [0.2, 0.25) is 0 Å². The number of hydrogen-bond donors (Lipinski definition) is 0. The predicted molar refractivity (Wildman–Crippen MR) is 96.6 cm³/mol. The molecular weight excluding hydrogens is 333 g/mol. The van der Waals surface area contributed by atoms with E-state index in [2.05, 4.69) is 6.07 Å². The fraction of sp³-hybridized carbons (Fsp3) is 0.238. The van der Waals surface area contributed by atoms with Gasteiger partial charge in [-0.15, -0.1) is 0 Å². The molecule has 0 fully saturated rings. The maximum atomic E-state index is 13.5. The maximum absolute atomic E-state index is 13.5. The largest absolute Gasteiger partial charge is 0.449 e. The first-order chi connectivity index (χ1) is 12.5. The predicted octanol–water partition coefficient (Wildman–Crippen LogP) is 3.36. The van der Waals surface area contributed by atoms with E-state index in [-0.39, 0.29) is 11.5 Å². The third-order valence-electron chi connectivity index (χ3n) is 4.39. The van der Waals surface area contributed by atoms with E-state index in [1.165, 1.54) is 17.7 Å². The van der Waals surface area contributed by atoms with Gasteiger partial charge < -0.3 is 9.64 Å². The number of esters is 1. The Hall–Kier alpha value is -2.95. The molecule has 2 aromatic carbocycles. The summed E-state index contributed by atoms with van der Waals surface area (Å²) in [5.74, 6) is -1.33. The number of rotatable bonds is 4. The Morgan fingerprint density at radius 3 is 2.58 bits per heavy atom. The molecule has 1 atom stereocenters. The van der Waals surface area contributed by atoms with Gasteiger partial charge in [-0.05, 0) is 36.6 Å². The first kappa shape index (κ1) is 17.9. The molecule has 1 amide bonds. The van der Waals surface area contributed by atoms with Gasteiger partial charge in [-0.25, -0.2) is 9.18 Å². The molecule has 0 saturated heterocycles. The van der Waals surface area contributed by atoms with Gasteiger partial charge in [-0.2, -0.15) is 0 Å². The summed E-state index contributed by atoms with van der Waals surface area (Å²) in [7, 11) is 0. The molecule has 1 heterocycles. The van der Waals surface area contributed by atoms with Crippen molar-refractivity contribution < 1.29 is 18.7 Å². The van der Waals surface area contributed by atoms with Crippen molar-refractivity contribution in [1.82, 2.24) is 4.90 Å². The van der Waals surface area contributed by atoms with Crippen LogP contribution in [0.5, 0.6) is 0 Å². The summed E-state index contributed by atoms with van der Waals surface area (Å²) in [6.45, 7) is 2.67. The molecule has 3 rings (SSSR count). The molecule has 1 unspecified atom stereocenters. The van der Waals surface area contributed by atoms with E-state index >= 15 is 0 Å². The zero-order chi connectivity index (χ0) is 18.5. The van der Waals surface area contributed by atoms with Crippen LogP contribution in [0.15, 0.2) is 54.6 Å². The third-order valence-corrected chi connectivity index (χ3v) is 4.39. The van der Waals surface area contributed by atoms with Gasteiger partial charge in [-0.1, -0.05) is 42.5 Å². The lowest BCUT2D eigenvalue weighted by atomic mass is 9.99. The van der Waals surface area contributed by atoms with Crippen molar-refractivity contribution in [2.45, 2.75) is 26.0 Å². The second kappa shape index (κ2) is 7.95. The molecule has 0 N–H and O–H groups in total. The van der Waals surface area contributed by atoms with Gasteiger partial charge in [0.15, 0.2) is 6.10 Å². The first-order valence-corrected chi connectivity index (χ1v) is 8.53. The summed E-state index contributed by atoms with van der Waals surface area (Å²) in [5.41, 5.74) is 2.65. The van der Waals surface area contributed by atoms with Crippen LogP contribution >= 0.6 is 0 Å². The van der Waals surface area contributed by atoms with Crippen LogP contribution in [0.4, 0.5) is 4.39 Å². The van der Waals surface area contributed by atoms with Crippen molar-refractivity contribution in [2.75, 3.05) is 6.54 Å². The molecule has 0 saturated carbocycles. The summed E-state index contributed by atoms with van der Waals surface area (Å²) >= 11 is 0. The quantitative estimate of drug-likeness (QED) is 0.625. The monoisotopic (exact) mass is 353 g/mol. The number of fused-ring (bicyclic) bond motifs is 1. The van der Waals surface area contributed by atoms with Crippen LogP contribution in [-0.4, -0.2) is 29.4 Å². The summed E-state index contributed by atoms with van der Waals surface area (Å²) in [6, 6.07) is 14.1. The minimum Gasteiger partial charge on any atom is -0.449 e. The molecule has 0 spiro atoms. The molecule has 0 aromatic heterocycles. The number of nitrogens with zero attached hydrogens (tertiary/aromatic N) is 1. The highest BCUT2D eigenvalue weighted by Gasteiger charge is 2.26. The highest BCUT2D eigenvalue weighted by Crippen LogP contribution is 2.19. The number of ether oxygens (including phenoxy) is 1. The summed E-state index contributed by atoms with van der Waals surface area (Å²) in [6.07, 6.45) is 2.37. The lowest BCUT2D eigenvalue weighted by Crippen LogP contribution is -2.42. The van der Waals surface area contributed by atoms with Crippen LogP contribution in [0.25, 0.3) is 6.08 Å². The van der Waals surface area contributed by atoms with Crippen molar-refractivity contribution >= 4 is 18.0 Å². The Morgan fingerprint density at radius 1 is 1.12 bits per heavy atom. The number of hydrogen-bond acceptors (Lipinski definition) is 3. The van der Waals surface area contributed by atoms with Crippen LogP contribution in [0.1, 0.15) is 23.6 Å². The number of carbonyl (C=O) groups excluding carboxylic acids is 2. The van der Waals surface area contributed by atoms with E-state index in [0.717, 1.165) is 18.1 Å². The lowest BCUT2D eigenvalue weighted by molar-refractivity contribution is -0.155. The van der Waals surface area contributed by atoms with E-state index in [4.69, 9.17) is 4.74 Å². The van der Waals surface area contributed by atoms with Crippen LogP contribution in [0, 0.1) is 5.82 Å². The number of benzene rings is 2. The zero-order valence-corrected chi connectivity index (χ0v) is 14.5. The van der Waals surface area contributed by atoms with Crippen molar-refractivity contribution in [3.8, 4) is 0 Å². The van der Waals surface area contributed by atoms with Gasteiger partial charge in [0.05, 0.1) is 0 Å². The smallest absolute Gasteiger partial charge is 0.331 e. The van der Waals surface area contributed by atoms with E-state index in [9.17, 15) is 14.0 Å². The van der Waals surface area contributed by atoms with Gasteiger partial charge in [0.1, 0.15) is 5.82 Å². The topological polar surface area (TPSA) is 46.6 Å². The van der Waals surface area contributed by atoms with E-state index in [1.807, 2.05) is 18.2 Å². The van der Waals surface area contributed by atoms with Gasteiger partial charge in [0.25, 0.3) is 5.91 Å². The Labute approximate surface area is 151 Å². The molecular formula is C21H20FNO3. The Balaban J connectivity index is 1.58. The zero-order valence-electron chi connectivity index (χ0n) is 14.5. The minimum atomic E-state index is -0.891. The number of amides is 1. The van der Waals surface area contributed by atoms with E-state index in [0.29, 0.717) is 13.1 Å².